The van der Waals surface area contributed by atoms with Gasteiger partial charge in [-0.3, -0.25) is 0 Å². The minimum absolute atomic E-state index is 0.167. The monoisotopic (exact) mass is 165 g/mol. The number of nitrogens with zero attached hydrogens (tertiary/aromatic N) is 1. The lowest BCUT2D eigenvalue weighted by Gasteiger charge is -1.86. The Kier molecular flexibility index (Phi) is 3.09. The molecule has 0 fully saturated rings. The quantitative estimate of drug-likeness (QED) is 0.448. The number of aliphatic imine (C=N–C) groups is 1. The molecule has 0 radical (unpaired) electrons. The van der Waals surface area contributed by atoms with Gasteiger partial charge in [0.1, 0.15) is 0 Å². The predicted octanol–water partition coefficient (Wildman–Crippen LogP) is 2.75. The SMILES string of the molecule is CS(C)=C=Nc1ccccc1. The standard InChI is InChI=1S/C9H11NS/c1-11(2)8-10-9-6-4-3-5-7-9/h3-7H,1-2H3. The molecule has 0 aliphatic heterocycles. The summed E-state index contributed by atoms with van der Waals surface area (Å²) >= 11 is 0. The number of para-hydroxylation sites is 1. The molecular formula is C9H11NS. The van der Waals surface area contributed by atoms with Crippen molar-refractivity contribution in [1.29, 1.82) is 0 Å². The van der Waals surface area contributed by atoms with Crippen LogP contribution >= 0.6 is 10.5 Å². The Bertz CT molecular complexity index is 280. The van der Waals surface area contributed by atoms with E-state index in [0.29, 0.717) is 0 Å². The molecule has 0 N–H and O–H groups in total. The first-order valence-electron chi connectivity index (χ1n) is 3.38. The first-order valence-corrected chi connectivity index (χ1v) is 5.42. The van der Waals surface area contributed by atoms with Crippen molar-refractivity contribution in [2.24, 2.45) is 4.99 Å². The van der Waals surface area contributed by atoms with Crippen molar-refractivity contribution in [3.63, 3.8) is 0 Å². The Morgan fingerprint density at radius 3 is 2.36 bits per heavy atom. The van der Waals surface area contributed by atoms with Gasteiger partial charge in [-0.05, 0) is 24.6 Å². The van der Waals surface area contributed by atoms with Crippen molar-refractivity contribution in [2.45, 2.75) is 0 Å². The molecule has 0 amide bonds. The Labute approximate surface area is 69.7 Å². The fraction of sp³-hybridized carbons (Fsp3) is 0.222. The van der Waals surface area contributed by atoms with Gasteiger partial charge in [0, 0.05) is 5.16 Å². The second-order valence-electron chi connectivity index (χ2n) is 2.36. The molecule has 0 unspecified atom stereocenters. The lowest BCUT2D eigenvalue weighted by Crippen LogP contribution is -1.61. The summed E-state index contributed by atoms with van der Waals surface area (Å²) in [4.78, 5) is 4.17. The second kappa shape index (κ2) is 4.12. The molecule has 0 saturated heterocycles. The van der Waals surface area contributed by atoms with E-state index in [0.717, 1.165) is 5.69 Å². The van der Waals surface area contributed by atoms with Crippen LogP contribution in [0.3, 0.4) is 0 Å². The molecule has 1 rings (SSSR count). The molecule has 0 bridgehead atoms. The summed E-state index contributed by atoms with van der Waals surface area (Å²) in [5, 5.41) is 3.01. The summed E-state index contributed by atoms with van der Waals surface area (Å²) in [6.07, 6.45) is 4.18. The smallest absolute Gasteiger partial charge is 0.0735 e. The molecule has 0 heterocycles. The minimum atomic E-state index is 0.167. The van der Waals surface area contributed by atoms with Crippen LogP contribution < -0.4 is 0 Å². The maximum absolute atomic E-state index is 4.17. The lowest BCUT2D eigenvalue weighted by molar-refractivity contribution is 1.55. The molecule has 0 spiro atoms. The summed E-state index contributed by atoms with van der Waals surface area (Å²) < 4.78 is 0. The molecule has 1 aromatic carbocycles. The van der Waals surface area contributed by atoms with Gasteiger partial charge in [0.05, 0.1) is 5.69 Å². The molecule has 0 aliphatic rings. The summed E-state index contributed by atoms with van der Waals surface area (Å²) in [6, 6.07) is 9.88. The Morgan fingerprint density at radius 1 is 1.18 bits per heavy atom. The fourth-order valence-electron chi connectivity index (χ4n) is 0.647. The van der Waals surface area contributed by atoms with Crippen molar-refractivity contribution >= 4 is 21.3 Å². The van der Waals surface area contributed by atoms with Gasteiger partial charge in [0.25, 0.3) is 0 Å². The topological polar surface area (TPSA) is 12.4 Å². The molecule has 0 atom stereocenters. The fourth-order valence-corrected chi connectivity index (χ4v) is 0.935. The third kappa shape index (κ3) is 3.17. The van der Waals surface area contributed by atoms with Crippen LogP contribution in [-0.4, -0.2) is 17.7 Å². The van der Waals surface area contributed by atoms with Gasteiger partial charge in [0.2, 0.25) is 0 Å². The zero-order chi connectivity index (χ0) is 8.10. The second-order valence-corrected chi connectivity index (χ2v) is 4.17. The largest absolute Gasteiger partial charge is 0.200 e. The van der Waals surface area contributed by atoms with Crippen LogP contribution in [0.2, 0.25) is 0 Å². The lowest BCUT2D eigenvalue weighted by atomic mass is 10.3. The van der Waals surface area contributed by atoms with Crippen LogP contribution in [0, 0.1) is 0 Å². The summed E-state index contributed by atoms with van der Waals surface area (Å²) in [5.41, 5.74) is 0.980. The van der Waals surface area contributed by atoms with Crippen LogP contribution in [0.15, 0.2) is 35.3 Å². The van der Waals surface area contributed by atoms with E-state index in [2.05, 4.69) is 22.7 Å². The van der Waals surface area contributed by atoms with E-state index >= 15 is 0 Å². The average Bonchev–Trinajstić information content (AvgIpc) is 2.03. The van der Waals surface area contributed by atoms with Crippen molar-refractivity contribution in [3.05, 3.63) is 30.3 Å². The Hall–Kier alpha value is -0.850. The highest BCUT2D eigenvalue weighted by Gasteiger charge is 1.80. The van der Waals surface area contributed by atoms with E-state index in [9.17, 15) is 0 Å². The van der Waals surface area contributed by atoms with E-state index in [4.69, 9.17) is 0 Å². The normalized spacial score (nSPS) is 9.36. The molecule has 0 saturated carbocycles. The first kappa shape index (κ1) is 8.25. The van der Waals surface area contributed by atoms with Gasteiger partial charge >= 0.3 is 0 Å². The molecule has 0 aliphatic carbocycles. The maximum Gasteiger partial charge on any atom is 0.0735 e. The Balaban J connectivity index is 2.89. The van der Waals surface area contributed by atoms with E-state index < -0.39 is 0 Å². The third-order valence-electron chi connectivity index (χ3n) is 1.11. The highest BCUT2D eigenvalue weighted by atomic mass is 32.2. The highest BCUT2D eigenvalue weighted by Crippen LogP contribution is 2.08. The van der Waals surface area contributed by atoms with Gasteiger partial charge < -0.3 is 0 Å². The average molecular weight is 165 g/mol. The number of rotatable bonds is 1. The van der Waals surface area contributed by atoms with Gasteiger partial charge in [-0.1, -0.05) is 18.2 Å². The van der Waals surface area contributed by atoms with Crippen LogP contribution in [0.25, 0.3) is 0 Å². The molecule has 1 aromatic rings. The molecule has 58 valence electrons. The van der Waals surface area contributed by atoms with Crippen molar-refractivity contribution in [2.75, 3.05) is 12.5 Å². The minimum Gasteiger partial charge on any atom is -0.200 e. The number of hydrogen-bond acceptors (Lipinski definition) is 1. The molecule has 1 nitrogen and oxygen atoms in total. The van der Waals surface area contributed by atoms with Crippen molar-refractivity contribution in [1.82, 2.24) is 0 Å². The summed E-state index contributed by atoms with van der Waals surface area (Å²) in [5.74, 6) is 0. The van der Waals surface area contributed by atoms with E-state index in [1.807, 2.05) is 30.3 Å². The van der Waals surface area contributed by atoms with Gasteiger partial charge in [0.15, 0.2) is 0 Å². The molecule has 2 heteroatoms. The van der Waals surface area contributed by atoms with Crippen LogP contribution in [0.4, 0.5) is 5.69 Å². The van der Waals surface area contributed by atoms with E-state index in [1.54, 1.807) is 0 Å². The van der Waals surface area contributed by atoms with E-state index in [1.165, 1.54) is 0 Å². The van der Waals surface area contributed by atoms with Crippen LogP contribution in [0.1, 0.15) is 0 Å². The molecular weight excluding hydrogens is 154 g/mol. The Morgan fingerprint density at radius 2 is 1.82 bits per heavy atom. The zero-order valence-corrected chi connectivity index (χ0v) is 7.56. The van der Waals surface area contributed by atoms with Gasteiger partial charge in [-0.2, -0.15) is 4.99 Å². The molecule has 11 heavy (non-hydrogen) atoms. The van der Waals surface area contributed by atoms with Gasteiger partial charge in [-0.15, -0.1) is 10.5 Å². The number of hydrogen-bond donors (Lipinski definition) is 0. The highest BCUT2D eigenvalue weighted by molar-refractivity contribution is 8.13. The zero-order valence-electron chi connectivity index (χ0n) is 6.74. The van der Waals surface area contributed by atoms with Crippen LogP contribution in [-0.2, 0) is 0 Å². The van der Waals surface area contributed by atoms with Crippen molar-refractivity contribution in [3.8, 4) is 0 Å². The van der Waals surface area contributed by atoms with Crippen molar-refractivity contribution < 1.29 is 0 Å². The summed E-state index contributed by atoms with van der Waals surface area (Å²) in [7, 11) is 0.167. The summed E-state index contributed by atoms with van der Waals surface area (Å²) in [6.45, 7) is 0. The molecule has 0 aromatic heterocycles. The first-order chi connectivity index (χ1) is 5.29. The third-order valence-corrected chi connectivity index (χ3v) is 1.57. The predicted molar refractivity (Wildman–Crippen MR) is 53.0 cm³/mol. The van der Waals surface area contributed by atoms with E-state index in [-0.39, 0.29) is 10.5 Å². The van der Waals surface area contributed by atoms with Crippen LogP contribution in [0.5, 0.6) is 0 Å². The number of isothiocyanates is 1. The number of benzene rings is 1. The van der Waals surface area contributed by atoms with Gasteiger partial charge in [-0.25, -0.2) is 0 Å². The maximum atomic E-state index is 4.17.